The summed E-state index contributed by atoms with van der Waals surface area (Å²) in [5.41, 5.74) is 0. The van der Waals surface area contributed by atoms with E-state index in [1.807, 2.05) is 11.3 Å². The molecule has 0 amide bonds. The van der Waals surface area contributed by atoms with Crippen LogP contribution in [0.3, 0.4) is 0 Å². The molecule has 1 rings (SSSR count). The normalized spacial score (nSPS) is 12.8. The van der Waals surface area contributed by atoms with Crippen LogP contribution in [0.25, 0.3) is 0 Å². The van der Waals surface area contributed by atoms with Gasteiger partial charge in [-0.1, -0.05) is 25.7 Å². The molecule has 0 atom stereocenters. The Morgan fingerprint density at radius 1 is 1.32 bits per heavy atom. The molecule has 0 aliphatic carbocycles. The predicted octanol–water partition coefficient (Wildman–Crippen LogP) is 1.96. The lowest BCUT2D eigenvalue weighted by Crippen LogP contribution is -2.34. The number of hydrogen-bond acceptors (Lipinski definition) is 5. The largest absolute Gasteiger partial charge is 0.319 e. The van der Waals surface area contributed by atoms with Gasteiger partial charge in [-0.05, 0) is 34.3 Å². The molecular formula is C11H21NO3S3Si. The average Bonchev–Trinajstić information content (AvgIpc) is 2.69. The molecule has 0 aromatic carbocycles. The van der Waals surface area contributed by atoms with Crippen LogP contribution < -0.4 is 9.82 Å². The van der Waals surface area contributed by atoms with Crippen molar-refractivity contribution in [2.75, 3.05) is 18.8 Å². The second-order valence-corrected chi connectivity index (χ2v) is 15.3. The van der Waals surface area contributed by atoms with Gasteiger partial charge in [0.15, 0.2) is 0 Å². The molecule has 1 aromatic heterocycles. The van der Waals surface area contributed by atoms with E-state index >= 15 is 0 Å². The van der Waals surface area contributed by atoms with Gasteiger partial charge in [0.1, 0.15) is 0 Å². The van der Waals surface area contributed by atoms with E-state index in [1.165, 1.54) is 9.38 Å². The van der Waals surface area contributed by atoms with Gasteiger partial charge in [0.05, 0.1) is 8.07 Å². The van der Waals surface area contributed by atoms with Crippen LogP contribution in [0.5, 0.6) is 0 Å². The summed E-state index contributed by atoms with van der Waals surface area (Å²) in [5, 5.41) is 3.18. The Kier molecular flexibility index (Phi) is 6.54. The first-order valence-electron chi connectivity index (χ1n) is 6.10. The van der Waals surface area contributed by atoms with Crippen molar-refractivity contribution in [2.45, 2.75) is 26.1 Å². The maximum atomic E-state index is 10.5. The van der Waals surface area contributed by atoms with E-state index in [2.05, 4.69) is 37.1 Å². The minimum absolute atomic E-state index is 0.365. The first-order valence-corrected chi connectivity index (χ1v) is 13.4. The highest BCUT2D eigenvalue weighted by molar-refractivity contribution is 8.69. The zero-order valence-corrected chi connectivity index (χ0v) is 14.9. The fraction of sp³-hybridized carbons (Fsp3) is 0.636. The highest BCUT2D eigenvalue weighted by Crippen LogP contribution is 2.13. The Hall–Kier alpha value is 0.137. The number of hydrogen-bond donors (Lipinski definition) is 2. The summed E-state index contributed by atoms with van der Waals surface area (Å²) in [5.74, 6) is 0.365. The van der Waals surface area contributed by atoms with Gasteiger partial charge in [0.25, 0.3) is 0 Å². The lowest BCUT2D eigenvalue weighted by molar-refractivity contribution is 0.503. The van der Waals surface area contributed by atoms with Crippen molar-refractivity contribution in [2.24, 2.45) is 0 Å². The van der Waals surface area contributed by atoms with E-state index in [4.69, 9.17) is 4.55 Å². The molecule has 110 valence electrons. The van der Waals surface area contributed by atoms with E-state index < -0.39 is 17.2 Å². The molecule has 0 fully saturated rings. The molecule has 0 unspecified atom stereocenters. The van der Waals surface area contributed by atoms with Crippen LogP contribution >= 0.6 is 22.1 Å². The molecule has 0 saturated carbocycles. The van der Waals surface area contributed by atoms with Crippen molar-refractivity contribution < 1.29 is 13.0 Å². The minimum atomic E-state index is -3.89. The van der Waals surface area contributed by atoms with Gasteiger partial charge in [-0.3, -0.25) is 4.55 Å². The third-order valence-corrected chi connectivity index (χ3v) is 9.27. The molecule has 0 radical (unpaired) electrons. The first-order chi connectivity index (χ1) is 8.68. The highest BCUT2D eigenvalue weighted by atomic mass is 33.1. The fourth-order valence-electron chi connectivity index (χ4n) is 1.47. The molecule has 1 heterocycles. The van der Waals surface area contributed by atoms with Crippen molar-refractivity contribution in [1.29, 1.82) is 0 Å². The molecule has 19 heavy (non-hydrogen) atoms. The molecule has 0 aliphatic heterocycles. The van der Waals surface area contributed by atoms with Gasteiger partial charge >= 0.3 is 9.15 Å². The summed E-state index contributed by atoms with van der Waals surface area (Å²) in [4.78, 5) is 1.37. The lowest BCUT2D eigenvalue weighted by atomic mass is 10.3. The summed E-state index contributed by atoms with van der Waals surface area (Å²) < 4.78 is 31.0. The summed E-state index contributed by atoms with van der Waals surface area (Å²) in [7, 11) is -4.53. The first kappa shape index (κ1) is 17.2. The van der Waals surface area contributed by atoms with Crippen molar-refractivity contribution in [3.05, 3.63) is 17.0 Å². The van der Waals surface area contributed by atoms with Crippen LogP contribution in [0.15, 0.2) is 12.1 Å². The van der Waals surface area contributed by atoms with E-state index in [9.17, 15) is 8.42 Å². The zero-order valence-electron chi connectivity index (χ0n) is 11.5. The molecular weight excluding hydrogens is 318 g/mol. The van der Waals surface area contributed by atoms with Crippen molar-refractivity contribution in [3.8, 4) is 0 Å². The fourth-order valence-corrected chi connectivity index (χ4v) is 5.75. The Bertz CT molecular complexity index is 494. The summed E-state index contributed by atoms with van der Waals surface area (Å²) in [6.45, 7) is 8.43. The van der Waals surface area contributed by atoms with Crippen molar-refractivity contribution in [1.82, 2.24) is 5.32 Å². The summed E-state index contributed by atoms with van der Waals surface area (Å²) in [6.07, 6.45) is 0.964. The third-order valence-electron chi connectivity index (χ3n) is 2.46. The van der Waals surface area contributed by atoms with Gasteiger partial charge in [-0.15, -0.1) is 0 Å². The van der Waals surface area contributed by atoms with Crippen LogP contribution in [0, 0.1) is 0 Å². The second kappa shape index (κ2) is 7.23. The summed E-state index contributed by atoms with van der Waals surface area (Å²) in [6, 6.07) is 4.42. The minimum Gasteiger partial charge on any atom is -0.316 e. The van der Waals surface area contributed by atoms with E-state index in [-0.39, 0.29) is 0 Å². The van der Waals surface area contributed by atoms with Crippen molar-refractivity contribution in [3.63, 3.8) is 0 Å². The molecule has 4 nitrogen and oxygen atoms in total. The Labute approximate surface area is 124 Å². The van der Waals surface area contributed by atoms with Crippen LogP contribution in [-0.4, -0.2) is 39.9 Å². The number of thiophene rings is 1. The second-order valence-electron chi connectivity index (χ2n) is 5.27. The lowest BCUT2D eigenvalue weighted by Gasteiger charge is -2.12. The zero-order chi connectivity index (χ0) is 14.5. The highest BCUT2D eigenvalue weighted by Gasteiger charge is 2.18. The van der Waals surface area contributed by atoms with Gasteiger partial charge < -0.3 is 5.32 Å². The number of rotatable bonds is 8. The molecule has 2 N–H and O–H groups in total. The topological polar surface area (TPSA) is 66.4 Å². The van der Waals surface area contributed by atoms with E-state index in [0.717, 1.165) is 13.0 Å². The molecule has 0 aliphatic rings. The standard InChI is InChI=1S/C11H21NO3S3Si/c1-19(2,3)11-5-4-10(17-11)6-7-12-8-9-16-18(13,14)15/h4-5,12H,6-9H2,1-3H3,(H,13,14,15). The summed E-state index contributed by atoms with van der Waals surface area (Å²) >= 11 is 1.89. The quantitative estimate of drug-likeness (QED) is 0.328. The van der Waals surface area contributed by atoms with Crippen LogP contribution in [0.2, 0.25) is 19.6 Å². The van der Waals surface area contributed by atoms with Gasteiger partial charge in [0, 0.05) is 17.2 Å². The van der Waals surface area contributed by atoms with E-state index in [1.54, 1.807) is 0 Å². The Morgan fingerprint density at radius 2 is 2.00 bits per heavy atom. The van der Waals surface area contributed by atoms with Gasteiger partial charge in [-0.2, -0.15) is 19.8 Å². The van der Waals surface area contributed by atoms with E-state index in [0.29, 0.717) is 23.1 Å². The molecule has 0 saturated heterocycles. The van der Waals surface area contributed by atoms with Gasteiger partial charge in [-0.25, -0.2) is 0 Å². The maximum Gasteiger partial charge on any atom is 0.319 e. The molecule has 8 heteroatoms. The predicted molar refractivity (Wildman–Crippen MR) is 87.9 cm³/mol. The average molecular weight is 340 g/mol. The molecule has 0 spiro atoms. The Balaban J connectivity index is 2.22. The molecule has 0 bridgehead atoms. The van der Waals surface area contributed by atoms with Crippen LogP contribution in [0.4, 0.5) is 0 Å². The smallest absolute Gasteiger partial charge is 0.316 e. The maximum absolute atomic E-state index is 10.5. The van der Waals surface area contributed by atoms with Crippen LogP contribution in [0.1, 0.15) is 4.88 Å². The van der Waals surface area contributed by atoms with Crippen molar-refractivity contribution >= 4 is 43.9 Å². The van der Waals surface area contributed by atoms with Gasteiger partial charge in [0.2, 0.25) is 0 Å². The number of nitrogens with one attached hydrogen (secondary N) is 1. The third kappa shape index (κ3) is 7.47. The Morgan fingerprint density at radius 3 is 2.53 bits per heavy atom. The molecule has 1 aromatic rings. The van der Waals surface area contributed by atoms with Crippen LogP contribution in [-0.2, 0) is 15.6 Å². The SMILES string of the molecule is C[Si](C)(C)c1ccc(CCNCCSS(=O)(=O)O)s1. The monoisotopic (exact) mass is 339 g/mol.